The lowest BCUT2D eigenvalue weighted by Gasteiger charge is -2.37. The van der Waals surface area contributed by atoms with E-state index in [1.807, 2.05) is 0 Å². The first-order chi connectivity index (χ1) is 11.7. The molecule has 0 saturated heterocycles. The molecule has 0 spiro atoms. The molecule has 0 bridgehead atoms. The van der Waals surface area contributed by atoms with Crippen LogP contribution in [0.25, 0.3) is 11.0 Å². The number of imidazole rings is 1. The van der Waals surface area contributed by atoms with Crippen LogP contribution in [0.15, 0.2) is 30.6 Å². The number of alkyl halides is 9. The molecule has 2 unspecified atom stereocenters. The molecule has 0 saturated carbocycles. The first kappa shape index (κ1) is 20.3. The summed E-state index contributed by atoms with van der Waals surface area (Å²) in [5, 5.41) is 0. The van der Waals surface area contributed by atoms with Crippen LogP contribution in [0.3, 0.4) is 0 Å². The lowest BCUT2D eigenvalue weighted by atomic mass is 10.1. The highest BCUT2D eigenvalue weighted by molar-refractivity contribution is 5.75. The van der Waals surface area contributed by atoms with Gasteiger partial charge in [0.2, 0.25) is 0 Å². The molecule has 146 valence electrons. The number of fused-ring (bicyclic) bond motifs is 1. The standard InChI is InChI=1S/C14H11F9N2O/c1-11(16,17)6-26-14(22,23)12(18,10(15)13(19,20)21)25-7-24-8-4-2-3-5-9(8)25/h2-5,7,10H,6H2,1H3. The Labute approximate surface area is 140 Å². The zero-order valence-corrected chi connectivity index (χ0v) is 12.9. The summed E-state index contributed by atoms with van der Waals surface area (Å²) in [5.74, 6) is -9.14. The van der Waals surface area contributed by atoms with E-state index >= 15 is 4.39 Å². The molecule has 1 heterocycles. The number of para-hydroxylation sites is 2. The van der Waals surface area contributed by atoms with E-state index in [0.29, 0.717) is 0 Å². The molecule has 1 aromatic heterocycles. The number of halogens is 9. The molecule has 1 aromatic carbocycles. The minimum absolute atomic E-state index is 0.117. The van der Waals surface area contributed by atoms with Gasteiger partial charge in [0.05, 0.1) is 17.4 Å². The number of nitrogens with zero attached hydrogens (tertiary/aromatic N) is 2. The number of ether oxygens (including phenoxy) is 1. The Balaban J connectivity index is 2.63. The number of aromatic nitrogens is 2. The third kappa shape index (κ3) is 3.60. The zero-order chi connectivity index (χ0) is 20.0. The molecule has 2 aromatic rings. The van der Waals surface area contributed by atoms with Gasteiger partial charge in [-0.05, 0) is 12.1 Å². The topological polar surface area (TPSA) is 27.1 Å². The van der Waals surface area contributed by atoms with Crippen LogP contribution in [0, 0.1) is 0 Å². The molecule has 12 heteroatoms. The molecular weight excluding hydrogens is 383 g/mol. The Morgan fingerprint density at radius 2 is 1.62 bits per heavy atom. The molecule has 0 aliphatic rings. The van der Waals surface area contributed by atoms with E-state index in [-0.39, 0.29) is 18.8 Å². The van der Waals surface area contributed by atoms with Gasteiger partial charge >= 0.3 is 18.1 Å². The largest absolute Gasteiger partial charge is 0.425 e. The molecule has 2 atom stereocenters. The van der Waals surface area contributed by atoms with Crippen LogP contribution in [0.5, 0.6) is 0 Å². The summed E-state index contributed by atoms with van der Waals surface area (Å²) in [5.41, 5.74) is -0.839. The van der Waals surface area contributed by atoms with Gasteiger partial charge < -0.3 is 4.74 Å². The third-order valence-corrected chi connectivity index (χ3v) is 3.34. The molecular formula is C14H11F9N2O. The van der Waals surface area contributed by atoms with Crippen LogP contribution in [-0.4, -0.2) is 40.5 Å². The molecule has 26 heavy (non-hydrogen) atoms. The fourth-order valence-electron chi connectivity index (χ4n) is 2.16. The average Bonchev–Trinajstić information content (AvgIpc) is 2.94. The van der Waals surface area contributed by atoms with Crippen LogP contribution in [0.2, 0.25) is 0 Å². The highest BCUT2D eigenvalue weighted by Gasteiger charge is 2.71. The van der Waals surface area contributed by atoms with E-state index in [2.05, 4.69) is 9.72 Å². The van der Waals surface area contributed by atoms with Gasteiger partial charge in [0.25, 0.3) is 12.1 Å². The van der Waals surface area contributed by atoms with Gasteiger partial charge in [0.15, 0.2) is 0 Å². The van der Waals surface area contributed by atoms with Crippen molar-refractivity contribution in [1.82, 2.24) is 9.55 Å². The predicted octanol–water partition coefficient (Wildman–Crippen LogP) is 4.82. The van der Waals surface area contributed by atoms with Crippen molar-refractivity contribution in [3.05, 3.63) is 30.6 Å². The SMILES string of the molecule is CC(F)(F)COC(F)(F)C(F)(C(F)C(F)(F)F)n1cnc2ccccc21. The molecule has 0 aliphatic carbocycles. The summed E-state index contributed by atoms with van der Waals surface area (Å²) in [6.07, 6.45) is -16.3. The predicted molar refractivity (Wildman–Crippen MR) is 71.3 cm³/mol. The van der Waals surface area contributed by atoms with Gasteiger partial charge in [0, 0.05) is 6.92 Å². The molecule has 0 fully saturated rings. The zero-order valence-electron chi connectivity index (χ0n) is 12.9. The number of hydrogen-bond donors (Lipinski definition) is 0. The van der Waals surface area contributed by atoms with Crippen LogP contribution < -0.4 is 0 Å². The third-order valence-electron chi connectivity index (χ3n) is 3.34. The highest BCUT2D eigenvalue weighted by atomic mass is 19.4. The van der Waals surface area contributed by atoms with Crippen LogP contribution >= 0.6 is 0 Å². The smallest absolute Gasteiger partial charge is 0.310 e. The van der Waals surface area contributed by atoms with Crippen molar-refractivity contribution in [3.63, 3.8) is 0 Å². The van der Waals surface area contributed by atoms with Gasteiger partial charge in [-0.2, -0.15) is 22.0 Å². The quantitative estimate of drug-likeness (QED) is 0.657. The lowest BCUT2D eigenvalue weighted by Crippen LogP contribution is -2.59. The summed E-state index contributed by atoms with van der Waals surface area (Å²) >= 11 is 0. The molecule has 0 N–H and O–H groups in total. The van der Waals surface area contributed by atoms with Crippen molar-refractivity contribution in [2.45, 2.75) is 37.1 Å². The van der Waals surface area contributed by atoms with Gasteiger partial charge in [0.1, 0.15) is 6.61 Å². The maximum absolute atomic E-state index is 15.0. The molecule has 0 amide bonds. The fraction of sp³-hybridized carbons (Fsp3) is 0.500. The second kappa shape index (κ2) is 6.32. The van der Waals surface area contributed by atoms with E-state index in [0.717, 1.165) is 18.2 Å². The van der Waals surface area contributed by atoms with E-state index in [1.165, 1.54) is 6.07 Å². The van der Waals surface area contributed by atoms with Crippen molar-refractivity contribution in [2.75, 3.05) is 6.61 Å². The van der Waals surface area contributed by atoms with Crippen LogP contribution in [-0.2, 0) is 10.5 Å². The van der Waals surface area contributed by atoms with E-state index in [4.69, 9.17) is 0 Å². The summed E-state index contributed by atoms with van der Waals surface area (Å²) in [6, 6.07) is 4.53. The molecule has 2 rings (SSSR count). The van der Waals surface area contributed by atoms with Crippen molar-refractivity contribution < 1.29 is 44.3 Å². The minimum atomic E-state index is -6.08. The molecule has 0 aliphatic heterocycles. The average molecular weight is 394 g/mol. The number of rotatable bonds is 6. The Morgan fingerprint density at radius 1 is 1.04 bits per heavy atom. The monoisotopic (exact) mass is 394 g/mol. The van der Waals surface area contributed by atoms with Gasteiger partial charge in [-0.25, -0.2) is 22.5 Å². The molecule has 3 nitrogen and oxygen atoms in total. The van der Waals surface area contributed by atoms with Crippen molar-refractivity contribution >= 4 is 11.0 Å². The van der Waals surface area contributed by atoms with Crippen LogP contribution in [0.1, 0.15) is 6.92 Å². The fourth-order valence-corrected chi connectivity index (χ4v) is 2.16. The van der Waals surface area contributed by atoms with Crippen LogP contribution in [0.4, 0.5) is 39.5 Å². The van der Waals surface area contributed by atoms with Crippen molar-refractivity contribution in [1.29, 1.82) is 0 Å². The van der Waals surface area contributed by atoms with Crippen molar-refractivity contribution in [2.24, 2.45) is 0 Å². The summed E-state index contributed by atoms with van der Waals surface area (Å²) < 4.78 is 124. The second-order valence-corrected chi connectivity index (χ2v) is 5.56. The van der Waals surface area contributed by atoms with E-state index < -0.39 is 46.9 Å². The molecule has 0 radical (unpaired) electrons. The Kier molecular flexibility index (Phi) is 4.94. The summed E-state index contributed by atoms with van der Waals surface area (Å²) in [7, 11) is 0. The van der Waals surface area contributed by atoms with Crippen molar-refractivity contribution in [3.8, 4) is 0 Å². The summed E-state index contributed by atoms with van der Waals surface area (Å²) in [4.78, 5) is 3.42. The van der Waals surface area contributed by atoms with Gasteiger partial charge in [-0.3, -0.25) is 4.57 Å². The van der Waals surface area contributed by atoms with Gasteiger partial charge in [-0.1, -0.05) is 12.1 Å². The highest BCUT2D eigenvalue weighted by Crippen LogP contribution is 2.48. The number of benzene rings is 1. The van der Waals surface area contributed by atoms with E-state index in [9.17, 15) is 35.1 Å². The van der Waals surface area contributed by atoms with E-state index in [1.54, 1.807) is 0 Å². The maximum atomic E-state index is 15.0. The maximum Gasteiger partial charge on any atom is 0.425 e. The first-order valence-corrected chi connectivity index (χ1v) is 6.92. The Morgan fingerprint density at radius 3 is 2.15 bits per heavy atom. The number of hydrogen-bond acceptors (Lipinski definition) is 2. The van der Waals surface area contributed by atoms with Gasteiger partial charge in [-0.15, -0.1) is 0 Å². The minimum Gasteiger partial charge on any atom is -0.310 e. The second-order valence-electron chi connectivity index (χ2n) is 5.56. The lowest BCUT2D eigenvalue weighted by molar-refractivity contribution is -0.384. The summed E-state index contributed by atoms with van der Waals surface area (Å²) in [6.45, 7) is -2.02. The Bertz CT molecular complexity index is 768. The Hall–Kier alpha value is -1.98. The normalized spacial score (nSPS) is 17.3. The first-order valence-electron chi connectivity index (χ1n) is 6.92.